The number of aliphatic imine (C=N–C) groups is 2. The SMILES string of the molecule is C=CC(=NC(=NC)C(=O)O)C(F)(F)F. The molecule has 0 aromatic carbocycles. The standard InChI is InChI=1S/C7H7F3N2O2/c1-3-4(7(8,9)10)12-5(11-2)6(13)14/h3H,1H2,2H3,(H,13,14). The highest BCUT2D eigenvalue weighted by Crippen LogP contribution is 2.18. The third-order valence-electron chi connectivity index (χ3n) is 1.11. The number of aliphatic carboxylic acids is 1. The van der Waals surface area contributed by atoms with Crippen LogP contribution in [0.1, 0.15) is 0 Å². The number of hydrogen-bond acceptors (Lipinski definition) is 2. The van der Waals surface area contributed by atoms with Crippen molar-refractivity contribution < 1.29 is 23.1 Å². The summed E-state index contributed by atoms with van der Waals surface area (Å²) < 4.78 is 36.1. The first-order valence-corrected chi connectivity index (χ1v) is 3.31. The van der Waals surface area contributed by atoms with Gasteiger partial charge in [-0.3, -0.25) is 4.99 Å². The molecule has 0 amide bonds. The number of amidine groups is 1. The van der Waals surface area contributed by atoms with E-state index in [9.17, 15) is 18.0 Å². The van der Waals surface area contributed by atoms with E-state index in [4.69, 9.17) is 5.11 Å². The van der Waals surface area contributed by atoms with Gasteiger partial charge in [0.1, 0.15) is 5.71 Å². The number of carbonyl (C=O) groups is 1. The molecule has 0 heterocycles. The first kappa shape index (κ1) is 12.3. The van der Waals surface area contributed by atoms with Gasteiger partial charge in [0, 0.05) is 7.05 Å². The van der Waals surface area contributed by atoms with Gasteiger partial charge < -0.3 is 5.11 Å². The van der Waals surface area contributed by atoms with Crippen molar-refractivity contribution in [1.82, 2.24) is 0 Å². The van der Waals surface area contributed by atoms with Gasteiger partial charge in [-0.25, -0.2) is 9.79 Å². The smallest absolute Gasteiger partial charge is 0.433 e. The molecule has 1 N–H and O–H groups in total. The molecule has 14 heavy (non-hydrogen) atoms. The van der Waals surface area contributed by atoms with Gasteiger partial charge in [-0.1, -0.05) is 6.58 Å². The Morgan fingerprint density at radius 1 is 1.50 bits per heavy atom. The molecule has 0 bridgehead atoms. The van der Waals surface area contributed by atoms with Crippen molar-refractivity contribution in [3.8, 4) is 0 Å². The Labute approximate surface area is 77.5 Å². The van der Waals surface area contributed by atoms with E-state index in [1.165, 1.54) is 0 Å². The van der Waals surface area contributed by atoms with Crippen molar-refractivity contribution in [2.45, 2.75) is 6.18 Å². The maximum absolute atomic E-state index is 12.0. The lowest BCUT2D eigenvalue weighted by atomic mass is 10.3. The van der Waals surface area contributed by atoms with E-state index in [0.29, 0.717) is 6.08 Å². The summed E-state index contributed by atoms with van der Waals surface area (Å²) in [7, 11) is 1.03. The second-order valence-corrected chi connectivity index (χ2v) is 2.05. The van der Waals surface area contributed by atoms with Crippen LogP contribution in [0.2, 0.25) is 0 Å². The fraction of sp³-hybridized carbons (Fsp3) is 0.286. The summed E-state index contributed by atoms with van der Waals surface area (Å²) in [6.07, 6.45) is -4.30. The van der Waals surface area contributed by atoms with Crippen molar-refractivity contribution in [1.29, 1.82) is 0 Å². The summed E-state index contributed by atoms with van der Waals surface area (Å²) in [5.74, 6) is -2.55. The highest BCUT2D eigenvalue weighted by molar-refractivity contribution is 6.37. The average molecular weight is 208 g/mol. The van der Waals surface area contributed by atoms with Crippen LogP contribution in [0.5, 0.6) is 0 Å². The minimum absolute atomic E-state index is 0.425. The normalized spacial score (nSPS) is 14.0. The third-order valence-corrected chi connectivity index (χ3v) is 1.11. The molecule has 0 saturated heterocycles. The van der Waals surface area contributed by atoms with Crippen LogP contribution in [0.3, 0.4) is 0 Å². The quantitative estimate of drug-likeness (QED) is 0.521. The molecule has 0 rings (SSSR count). The number of nitrogens with zero attached hydrogens (tertiary/aromatic N) is 2. The molecule has 0 unspecified atom stereocenters. The summed E-state index contributed by atoms with van der Waals surface area (Å²) in [6.45, 7) is 2.88. The topological polar surface area (TPSA) is 62.0 Å². The number of rotatable bonds is 1. The third kappa shape index (κ3) is 3.38. The van der Waals surface area contributed by atoms with Gasteiger partial charge in [-0.15, -0.1) is 0 Å². The zero-order chi connectivity index (χ0) is 11.4. The summed E-state index contributed by atoms with van der Waals surface area (Å²) in [5.41, 5.74) is -1.39. The lowest BCUT2D eigenvalue weighted by molar-refractivity contribution is -0.129. The summed E-state index contributed by atoms with van der Waals surface area (Å²) in [5, 5.41) is 8.34. The molecular formula is C7H7F3N2O2. The number of carboxylic acids is 1. The highest BCUT2D eigenvalue weighted by Gasteiger charge is 2.34. The molecule has 78 valence electrons. The molecule has 0 aromatic rings. The number of carboxylic acid groups (broad SMARTS) is 1. The predicted octanol–water partition coefficient (Wildman–Crippen LogP) is 1.29. The largest absolute Gasteiger partial charge is 0.475 e. The monoisotopic (exact) mass is 208 g/mol. The lowest BCUT2D eigenvalue weighted by Gasteiger charge is -2.04. The number of allylic oxidation sites excluding steroid dienone is 1. The van der Waals surface area contributed by atoms with E-state index in [-0.39, 0.29) is 0 Å². The molecule has 4 nitrogen and oxygen atoms in total. The van der Waals surface area contributed by atoms with Gasteiger partial charge in [-0.05, 0) is 6.08 Å². The van der Waals surface area contributed by atoms with Crippen LogP contribution in [-0.2, 0) is 4.79 Å². The van der Waals surface area contributed by atoms with E-state index in [2.05, 4.69) is 16.6 Å². The first-order chi connectivity index (χ1) is 6.32. The lowest BCUT2D eigenvalue weighted by Crippen LogP contribution is -2.24. The molecule has 0 fully saturated rings. The van der Waals surface area contributed by atoms with Gasteiger partial charge in [0.05, 0.1) is 0 Å². The maximum Gasteiger partial charge on any atom is 0.433 e. The van der Waals surface area contributed by atoms with E-state index in [0.717, 1.165) is 7.05 Å². The summed E-state index contributed by atoms with van der Waals surface area (Å²) in [6, 6.07) is 0. The fourth-order valence-corrected chi connectivity index (χ4v) is 0.532. The molecule has 0 radical (unpaired) electrons. The number of halogens is 3. The van der Waals surface area contributed by atoms with Crippen molar-refractivity contribution >= 4 is 17.5 Å². The molecule has 0 atom stereocenters. The van der Waals surface area contributed by atoms with Gasteiger partial charge in [0.25, 0.3) is 0 Å². The van der Waals surface area contributed by atoms with Crippen LogP contribution in [0, 0.1) is 0 Å². The van der Waals surface area contributed by atoms with Crippen LogP contribution in [-0.4, -0.2) is 35.8 Å². The molecule has 0 spiro atoms. The minimum atomic E-state index is -4.73. The fourth-order valence-electron chi connectivity index (χ4n) is 0.532. The Hall–Kier alpha value is -1.66. The Bertz CT molecular complexity index is 305. The van der Waals surface area contributed by atoms with Crippen LogP contribution in [0.4, 0.5) is 13.2 Å². The molecular weight excluding hydrogens is 201 g/mol. The van der Waals surface area contributed by atoms with Crippen LogP contribution in [0.15, 0.2) is 22.6 Å². The van der Waals surface area contributed by atoms with E-state index < -0.39 is 23.7 Å². The van der Waals surface area contributed by atoms with Crippen molar-refractivity contribution in [2.24, 2.45) is 9.98 Å². The van der Waals surface area contributed by atoms with E-state index in [1.807, 2.05) is 0 Å². The van der Waals surface area contributed by atoms with Gasteiger partial charge in [0.2, 0.25) is 5.84 Å². The van der Waals surface area contributed by atoms with Crippen molar-refractivity contribution in [3.05, 3.63) is 12.7 Å². The highest BCUT2D eigenvalue weighted by atomic mass is 19.4. The zero-order valence-corrected chi connectivity index (χ0v) is 7.17. The Kier molecular flexibility index (Phi) is 4.00. The van der Waals surface area contributed by atoms with Gasteiger partial charge in [-0.2, -0.15) is 13.2 Å². The first-order valence-electron chi connectivity index (χ1n) is 3.31. The van der Waals surface area contributed by atoms with Crippen LogP contribution in [0.25, 0.3) is 0 Å². The number of alkyl halides is 3. The van der Waals surface area contributed by atoms with E-state index in [1.54, 1.807) is 0 Å². The maximum atomic E-state index is 12.0. The Morgan fingerprint density at radius 3 is 2.21 bits per heavy atom. The van der Waals surface area contributed by atoms with Gasteiger partial charge in [0.15, 0.2) is 0 Å². The molecule has 0 aliphatic carbocycles. The van der Waals surface area contributed by atoms with Crippen LogP contribution < -0.4 is 0 Å². The molecule has 0 aliphatic heterocycles. The Balaban J connectivity index is 5.13. The molecule has 7 heteroatoms. The average Bonchev–Trinajstić information content (AvgIpc) is 2.03. The predicted molar refractivity (Wildman–Crippen MR) is 44.7 cm³/mol. The van der Waals surface area contributed by atoms with Crippen molar-refractivity contribution in [3.63, 3.8) is 0 Å². The second kappa shape index (κ2) is 4.54. The second-order valence-electron chi connectivity index (χ2n) is 2.05. The molecule has 0 aromatic heterocycles. The summed E-state index contributed by atoms with van der Waals surface area (Å²) >= 11 is 0. The Morgan fingerprint density at radius 2 is 2.00 bits per heavy atom. The van der Waals surface area contributed by atoms with Gasteiger partial charge >= 0.3 is 12.1 Å². The van der Waals surface area contributed by atoms with Crippen LogP contribution >= 0.6 is 0 Å². The number of hydrogen-bond donors (Lipinski definition) is 1. The van der Waals surface area contributed by atoms with Crippen molar-refractivity contribution in [2.75, 3.05) is 7.05 Å². The molecule has 0 aliphatic rings. The summed E-state index contributed by atoms with van der Waals surface area (Å²) in [4.78, 5) is 16.1. The molecule has 0 saturated carbocycles. The zero-order valence-electron chi connectivity index (χ0n) is 7.17. The van der Waals surface area contributed by atoms with E-state index >= 15 is 0 Å². The minimum Gasteiger partial charge on any atom is -0.475 e.